The second kappa shape index (κ2) is 6.85. The molecule has 4 aliphatic rings. The summed E-state index contributed by atoms with van der Waals surface area (Å²) in [6.45, 7) is 1.81. The Bertz CT molecular complexity index is 1070. The highest BCUT2D eigenvalue weighted by atomic mass is 19.4. The topological polar surface area (TPSA) is 45.8 Å². The number of nitrogens with one attached hydrogen (secondary N) is 1. The predicted octanol–water partition coefficient (Wildman–Crippen LogP) is 3.91. The van der Waals surface area contributed by atoms with Crippen molar-refractivity contribution in [1.82, 2.24) is 20.1 Å². The molecule has 1 aliphatic carbocycles. The van der Waals surface area contributed by atoms with Crippen LogP contribution in [0, 0.1) is 29.3 Å². The normalized spacial score (nSPS) is 33.6. The molecule has 1 aromatic carbocycles. The number of nitrogens with zero attached hydrogens (tertiary/aromatic N) is 4. The van der Waals surface area contributed by atoms with E-state index in [9.17, 15) is 26.3 Å². The maximum Gasteiger partial charge on any atom is 0.410 e. The molecule has 11 heteroatoms. The van der Waals surface area contributed by atoms with E-state index in [1.165, 1.54) is 0 Å². The Balaban J connectivity index is 1.40. The highest BCUT2D eigenvalue weighted by molar-refractivity contribution is 5.49. The van der Waals surface area contributed by atoms with Gasteiger partial charge in [0, 0.05) is 18.0 Å². The van der Waals surface area contributed by atoms with E-state index in [0.717, 1.165) is 42.7 Å². The van der Waals surface area contributed by atoms with E-state index in [0.29, 0.717) is 11.8 Å². The molecule has 32 heavy (non-hydrogen) atoms. The number of benzene rings is 1. The highest BCUT2D eigenvalue weighted by Gasteiger charge is 2.59. The number of fused-ring (bicyclic) bond motifs is 4. The van der Waals surface area contributed by atoms with Crippen LogP contribution in [0.25, 0.3) is 0 Å². The van der Waals surface area contributed by atoms with Gasteiger partial charge in [-0.25, -0.2) is 17.9 Å². The monoisotopic (exact) mass is 457 g/mol. The van der Waals surface area contributed by atoms with Crippen LogP contribution >= 0.6 is 0 Å². The lowest BCUT2D eigenvalue weighted by Crippen LogP contribution is -2.33. The van der Waals surface area contributed by atoms with Gasteiger partial charge in [0.05, 0.1) is 12.1 Å². The van der Waals surface area contributed by atoms with Crippen molar-refractivity contribution < 1.29 is 26.3 Å². The molecular formula is C21H21F6N5. The lowest BCUT2D eigenvalue weighted by molar-refractivity contribution is -0.175. The SMILES string of the molecule is Fc1ccc(C2CCC(C(F)(F)F)n3nc(N4[C@H]5[C@@H]6CNCC6CC[C@H]54)nc32)c(F)c1F. The van der Waals surface area contributed by atoms with Crippen LogP contribution in [0.3, 0.4) is 0 Å². The van der Waals surface area contributed by atoms with E-state index in [1.54, 1.807) is 0 Å². The quantitative estimate of drug-likeness (QED) is 0.422. The minimum atomic E-state index is -4.55. The molecular weight excluding hydrogens is 436 g/mol. The third kappa shape index (κ3) is 2.89. The lowest BCUT2D eigenvalue weighted by atomic mass is 9.82. The fraction of sp³-hybridized carbons (Fsp3) is 0.619. The molecule has 6 rings (SSSR count). The molecule has 0 spiro atoms. The van der Waals surface area contributed by atoms with Gasteiger partial charge in [0.15, 0.2) is 17.5 Å². The molecule has 3 unspecified atom stereocenters. The summed E-state index contributed by atoms with van der Waals surface area (Å²) in [5, 5.41) is 7.63. The Labute approximate surface area is 179 Å². The van der Waals surface area contributed by atoms with Gasteiger partial charge in [-0.1, -0.05) is 6.07 Å². The maximum absolute atomic E-state index is 14.5. The predicted molar refractivity (Wildman–Crippen MR) is 102 cm³/mol. The Hall–Kier alpha value is -2.30. The minimum absolute atomic E-state index is 0.0526. The first kappa shape index (κ1) is 20.3. The lowest BCUT2D eigenvalue weighted by Gasteiger charge is -2.30. The van der Waals surface area contributed by atoms with Gasteiger partial charge in [-0.15, -0.1) is 5.10 Å². The largest absolute Gasteiger partial charge is 0.410 e. The minimum Gasteiger partial charge on any atom is -0.329 e. The fourth-order valence-corrected chi connectivity index (χ4v) is 6.12. The van der Waals surface area contributed by atoms with Crippen molar-refractivity contribution in [2.75, 3.05) is 18.0 Å². The molecule has 1 saturated carbocycles. The van der Waals surface area contributed by atoms with Crippen molar-refractivity contribution in [2.45, 2.75) is 55.9 Å². The fourth-order valence-electron chi connectivity index (χ4n) is 6.12. The molecule has 3 fully saturated rings. The zero-order valence-electron chi connectivity index (χ0n) is 16.9. The average Bonchev–Trinajstić information content (AvgIpc) is 3.09. The van der Waals surface area contributed by atoms with Crippen LogP contribution < -0.4 is 10.2 Å². The van der Waals surface area contributed by atoms with Crippen LogP contribution in [0.4, 0.5) is 32.3 Å². The average molecular weight is 457 g/mol. The van der Waals surface area contributed by atoms with E-state index in [1.807, 2.05) is 4.90 Å². The van der Waals surface area contributed by atoms with Gasteiger partial charge in [-0.05, 0) is 50.1 Å². The molecule has 2 aromatic rings. The smallest absolute Gasteiger partial charge is 0.329 e. The standard InChI is InChI=1S/C21H21F6N5/c22-13-4-2-10(16(23)17(13)24)11-3-6-15(21(25,26)27)32-19(11)29-20(30-32)31-14-5-1-9-7-28-8-12(9)18(14)31/h2,4,9,11-12,14-15,18,28H,1,3,5-8H2/t9?,11?,12-,14-,15?,18+,31?/m1/s1. The second-order valence-electron chi connectivity index (χ2n) is 9.29. The van der Waals surface area contributed by atoms with Gasteiger partial charge < -0.3 is 10.2 Å². The molecule has 0 amide bonds. The molecule has 3 aliphatic heterocycles. The summed E-state index contributed by atoms with van der Waals surface area (Å²) < 4.78 is 83.9. The summed E-state index contributed by atoms with van der Waals surface area (Å²) in [6, 6.07) is 0.375. The number of rotatable bonds is 2. The van der Waals surface area contributed by atoms with Crippen molar-refractivity contribution in [3.05, 3.63) is 41.0 Å². The van der Waals surface area contributed by atoms with E-state index in [-0.39, 0.29) is 42.3 Å². The zero-order chi connectivity index (χ0) is 22.4. The molecule has 2 saturated heterocycles. The van der Waals surface area contributed by atoms with Crippen LogP contribution in [0.15, 0.2) is 12.1 Å². The molecule has 1 N–H and O–H groups in total. The van der Waals surface area contributed by atoms with Crippen molar-refractivity contribution >= 4 is 5.95 Å². The summed E-state index contributed by atoms with van der Waals surface area (Å²) >= 11 is 0. The summed E-state index contributed by atoms with van der Waals surface area (Å²) in [5.74, 6) is -4.19. The maximum atomic E-state index is 14.5. The van der Waals surface area contributed by atoms with Crippen LogP contribution in [-0.4, -0.2) is 46.1 Å². The Morgan fingerprint density at radius 1 is 0.969 bits per heavy atom. The number of anilines is 1. The summed E-state index contributed by atoms with van der Waals surface area (Å²) in [4.78, 5) is 6.42. The van der Waals surface area contributed by atoms with Crippen molar-refractivity contribution in [1.29, 1.82) is 0 Å². The molecule has 5 nitrogen and oxygen atoms in total. The molecule has 172 valence electrons. The van der Waals surface area contributed by atoms with Crippen LogP contribution in [-0.2, 0) is 0 Å². The van der Waals surface area contributed by atoms with E-state index >= 15 is 0 Å². The first-order chi connectivity index (χ1) is 15.3. The Kier molecular flexibility index (Phi) is 4.35. The van der Waals surface area contributed by atoms with Crippen molar-refractivity contribution in [2.24, 2.45) is 11.8 Å². The first-order valence-corrected chi connectivity index (χ1v) is 10.9. The number of halogens is 6. The van der Waals surface area contributed by atoms with E-state index in [2.05, 4.69) is 15.4 Å². The summed E-state index contributed by atoms with van der Waals surface area (Å²) in [7, 11) is 0. The summed E-state index contributed by atoms with van der Waals surface area (Å²) in [5.41, 5.74) is -0.201. The van der Waals surface area contributed by atoms with Crippen LogP contribution in [0.5, 0.6) is 0 Å². The van der Waals surface area contributed by atoms with Crippen LogP contribution in [0.1, 0.15) is 49.0 Å². The molecule has 0 bridgehead atoms. The van der Waals surface area contributed by atoms with Gasteiger partial charge in [0.2, 0.25) is 5.95 Å². The van der Waals surface area contributed by atoms with E-state index < -0.39 is 35.6 Å². The second-order valence-corrected chi connectivity index (χ2v) is 9.29. The molecule has 0 radical (unpaired) electrons. The van der Waals surface area contributed by atoms with Crippen LogP contribution in [0.2, 0.25) is 0 Å². The number of alkyl halides is 3. The Morgan fingerprint density at radius 3 is 2.56 bits per heavy atom. The number of hydrogen-bond donors (Lipinski definition) is 1. The van der Waals surface area contributed by atoms with Gasteiger partial charge in [0.25, 0.3) is 0 Å². The van der Waals surface area contributed by atoms with E-state index in [4.69, 9.17) is 0 Å². The molecule has 4 heterocycles. The van der Waals surface area contributed by atoms with Gasteiger partial charge >= 0.3 is 6.18 Å². The molecule has 1 aromatic heterocycles. The highest BCUT2D eigenvalue weighted by Crippen LogP contribution is 2.51. The third-order valence-electron chi connectivity index (χ3n) is 7.68. The van der Waals surface area contributed by atoms with Gasteiger partial charge in [-0.3, -0.25) is 0 Å². The van der Waals surface area contributed by atoms with Gasteiger partial charge in [0.1, 0.15) is 11.9 Å². The van der Waals surface area contributed by atoms with Crippen molar-refractivity contribution in [3.63, 3.8) is 0 Å². The number of aromatic nitrogens is 3. The first-order valence-electron chi connectivity index (χ1n) is 10.9. The number of hydrogen-bond acceptors (Lipinski definition) is 4. The third-order valence-corrected chi connectivity index (χ3v) is 7.68. The summed E-state index contributed by atoms with van der Waals surface area (Å²) in [6.07, 6.45) is -3.00. The van der Waals surface area contributed by atoms with Crippen molar-refractivity contribution in [3.8, 4) is 0 Å². The molecule has 6 atom stereocenters. The van der Waals surface area contributed by atoms with Gasteiger partial charge in [-0.2, -0.15) is 18.2 Å². The Morgan fingerprint density at radius 2 is 1.78 bits per heavy atom. The zero-order valence-corrected chi connectivity index (χ0v) is 16.9.